The van der Waals surface area contributed by atoms with Crippen LogP contribution in [0.4, 0.5) is 0 Å². The van der Waals surface area contributed by atoms with E-state index in [-0.39, 0.29) is 0 Å². The molecule has 0 saturated heterocycles. The zero-order valence-electron chi connectivity index (χ0n) is 17.4. The van der Waals surface area contributed by atoms with Crippen LogP contribution in [0, 0.1) is 0 Å². The van der Waals surface area contributed by atoms with Gasteiger partial charge in [-0.05, 0) is 61.5 Å². The summed E-state index contributed by atoms with van der Waals surface area (Å²) in [5.74, 6) is 3.53. The Morgan fingerprint density at radius 1 is 1.15 bits per heavy atom. The number of aryl methyl sites for hydroxylation is 1. The average molecular weight is 387 g/mol. The summed E-state index contributed by atoms with van der Waals surface area (Å²) in [6.07, 6.45) is 3.49. The molecule has 0 aliphatic carbocycles. The van der Waals surface area contributed by atoms with Gasteiger partial charge in [0.1, 0.15) is 11.5 Å². The van der Waals surface area contributed by atoms with E-state index in [1.54, 1.807) is 15.3 Å². The summed E-state index contributed by atoms with van der Waals surface area (Å²) in [5.41, 5.74) is 3.08. The predicted octanol–water partition coefficient (Wildman–Crippen LogP) is 5.39. The lowest BCUT2D eigenvalue weighted by Crippen LogP contribution is -2.33. The minimum Gasteiger partial charge on any atom is -0.464 e. The van der Waals surface area contributed by atoms with Gasteiger partial charge in [-0.25, -0.2) is 0 Å². The molecule has 0 spiro atoms. The molecule has 0 bridgehead atoms. The Bertz CT molecular complexity index is 777. The molecule has 4 heterocycles. The van der Waals surface area contributed by atoms with Gasteiger partial charge in [0.25, 0.3) is 0 Å². The molecule has 2 aliphatic rings. The Labute approximate surface area is 168 Å². The second-order valence-electron chi connectivity index (χ2n) is 8.32. The van der Waals surface area contributed by atoms with E-state index in [4.69, 9.17) is 4.42 Å². The normalized spacial score (nSPS) is 21.9. The van der Waals surface area contributed by atoms with Crippen molar-refractivity contribution in [2.75, 3.05) is 26.2 Å². The van der Waals surface area contributed by atoms with Gasteiger partial charge in [0, 0.05) is 35.3 Å². The van der Waals surface area contributed by atoms with Gasteiger partial charge in [0.15, 0.2) is 0 Å². The maximum atomic E-state index is 6.36. The van der Waals surface area contributed by atoms with Gasteiger partial charge in [-0.15, -0.1) is 11.3 Å². The first-order chi connectivity index (χ1) is 13.1. The van der Waals surface area contributed by atoms with Crippen molar-refractivity contribution in [2.45, 2.75) is 71.9 Å². The zero-order valence-corrected chi connectivity index (χ0v) is 18.2. The first-order valence-electron chi connectivity index (χ1n) is 10.8. The maximum absolute atomic E-state index is 6.36. The van der Waals surface area contributed by atoms with E-state index in [1.807, 2.05) is 11.3 Å². The topological polar surface area (TPSA) is 19.6 Å². The molecule has 0 aromatic carbocycles. The number of rotatable bonds is 6. The van der Waals surface area contributed by atoms with Gasteiger partial charge in [0.05, 0.1) is 6.54 Å². The van der Waals surface area contributed by atoms with E-state index in [1.165, 1.54) is 36.6 Å². The van der Waals surface area contributed by atoms with Crippen molar-refractivity contribution < 1.29 is 4.42 Å². The summed E-state index contributed by atoms with van der Waals surface area (Å²) in [7, 11) is 0. The SMILES string of the molecule is CCc1cc2c(s1)CN(CC)CC2CC(C)c1cc2c(o1)CN(CC)CC2. The summed E-state index contributed by atoms with van der Waals surface area (Å²) in [6.45, 7) is 15.9. The second-order valence-corrected chi connectivity index (χ2v) is 9.54. The van der Waals surface area contributed by atoms with Crippen LogP contribution in [-0.2, 0) is 25.9 Å². The van der Waals surface area contributed by atoms with E-state index in [0.717, 1.165) is 39.0 Å². The molecule has 0 saturated carbocycles. The van der Waals surface area contributed by atoms with E-state index >= 15 is 0 Å². The van der Waals surface area contributed by atoms with Gasteiger partial charge < -0.3 is 4.42 Å². The molecule has 0 fully saturated rings. The summed E-state index contributed by atoms with van der Waals surface area (Å²) in [4.78, 5) is 8.24. The molecule has 148 valence electrons. The molecule has 4 heteroatoms. The lowest BCUT2D eigenvalue weighted by atomic mass is 9.86. The fourth-order valence-electron chi connectivity index (χ4n) is 4.72. The highest BCUT2D eigenvalue weighted by atomic mass is 32.1. The highest BCUT2D eigenvalue weighted by Gasteiger charge is 2.30. The van der Waals surface area contributed by atoms with E-state index in [2.05, 4.69) is 49.6 Å². The highest BCUT2D eigenvalue weighted by Crippen LogP contribution is 2.40. The predicted molar refractivity (Wildman–Crippen MR) is 114 cm³/mol. The van der Waals surface area contributed by atoms with Crippen LogP contribution in [-0.4, -0.2) is 36.0 Å². The first-order valence-corrected chi connectivity index (χ1v) is 11.6. The molecule has 2 aromatic rings. The largest absolute Gasteiger partial charge is 0.464 e. The van der Waals surface area contributed by atoms with Crippen LogP contribution in [0.2, 0.25) is 0 Å². The Hall–Kier alpha value is -1.10. The summed E-state index contributed by atoms with van der Waals surface area (Å²) in [6, 6.07) is 4.86. The Balaban J connectivity index is 1.52. The van der Waals surface area contributed by atoms with Crippen molar-refractivity contribution in [3.05, 3.63) is 44.5 Å². The third kappa shape index (κ3) is 3.90. The first kappa shape index (κ1) is 19.2. The molecule has 2 unspecified atom stereocenters. The number of hydrogen-bond donors (Lipinski definition) is 0. The molecular formula is C23H34N2OS. The Morgan fingerprint density at radius 2 is 1.96 bits per heavy atom. The van der Waals surface area contributed by atoms with Gasteiger partial charge in [-0.2, -0.15) is 0 Å². The van der Waals surface area contributed by atoms with Crippen LogP contribution in [0.3, 0.4) is 0 Å². The van der Waals surface area contributed by atoms with Gasteiger partial charge >= 0.3 is 0 Å². The van der Waals surface area contributed by atoms with Crippen molar-refractivity contribution >= 4 is 11.3 Å². The minimum atomic E-state index is 0.477. The van der Waals surface area contributed by atoms with Crippen molar-refractivity contribution in [1.82, 2.24) is 9.80 Å². The third-order valence-corrected chi connectivity index (χ3v) is 7.81. The molecule has 2 aliphatic heterocycles. The average Bonchev–Trinajstić information content (AvgIpc) is 3.30. The van der Waals surface area contributed by atoms with Crippen molar-refractivity contribution in [3.8, 4) is 0 Å². The Morgan fingerprint density at radius 3 is 2.70 bits per heavy atom. The number of furan rings is 1. The standard InChI is InChI=1S/C23H34N2OS/c1-5-19-12-20-18(13-25(7-3)15-23(20)27-19)10-16(4)21-11-17-8-9-24(6-2)14-22(17)26-21/h11-12,16,18H,5-10,13-15H2,1-4H3. The number of fused-ring (bicyclic) bond motifs is 2. The molecule has 0 radical (unpaired) electrons. The van der Waals surface area contributed by atoms with Crippen LogP contribution < -0.4 is 0 Å². The van der Waals surface area contributed by atoms with Crippen LogP contribution in [0.15, 0.2) is 16.5 Å². The fraction of sp³-hybridized carbons (Fsp3) is 0.652. The lowest BCUT2D eigenvalue weighted by molar-refractivity contribution is 0.227. The Kier molecular flexibility index (Phi) is 5.77. The quantitative estimate of drug-likeness (QED) is 0.663. The van der Waals surface area contributed by atoms with Crippen molar-refractivity contribution in [1.29, 1.82) is 0 Å². The molecule has 0 amide bonds. The maximum Gasteiger partial charge on any atom is 0.121 e. The van der Waals surface area contributed by atoms with Crippen LogP contribution in [0.5, 0.6) is 0 Å². The number of thiophene rings is 1. The number of hydrogen-bond acceptors (Lipinski definition) is 4. The number of nitrogens with zero attached hydrogens (tertiary/aromatic N) is 2. The van der Waals surface area contributed by atoms with E-state index in [0.29, 0.717) is 11.8 Å². The fourth-order valence-corrected chi connectivity index (χ4v) is 5.95. The lowest BCUT2D eigenvalue weighted by Gasteiger charge is -2.33. The third-order valence-electron chi connectivity index (χ3n) is 6.53. The van der Waals surface area contributed by atoms with Crippen LogP contribution >= 0.6 is 11.3 Å². The van der Waals surface area contributed by atoms with Crippen molar-refractivity contribution in [2.24, 2.45) is 0 Å². The van der Waals surface area contributed by atoms with Gasteiger partial charge in [0.2, 0.25) is 0 Å². The molecular weight excluding hydrogens is 352 g/mol. The molecule has 0 N–H and O–H groups in total. The van der Waals surface area contributed by atoms with E-state index < -0.39 is 0 Å². The van der Waals surface area contributed by atoms with Gasteiger partial charge in [-0.1, -0.05) is 27.7 Å². The summed E-state index contributed by atoms with van der Waals surface area (Å²) < 4.78 is 6.36. The van der Waals surface area contributed by atoms with Gasteiger partial charge in [-0.3, -0.25) is 9.80 Å². The smallest absolute Gasteiger partial charge is 0.121 e. The highest BCUT2D eigenvalue weighted by molar-refractivity contribution is 7.12. The molecule has 4 rings (SSSR count). The summed E-state index contributed by atoms with van der Waals surface area (Å²) in [5, 5.41) is 0. The monoisotopic (exact) mass is 386 g/mol. The van der Waals surface area contributed by atoms with Crippen LogP contribution in [0.25, 0.3) is 0 Å². The minimum absolute atomic E-state index is 0.477. The zero-order chi connectivity index (χ0) is 19.0. The number of likely N-dealkylation sites (N-methyl/N-ethyl adjacent to an activating group) is 2. The van der Waals surface area contributed by atoms with Crippen molar-refractivity contribution in [3.63, 3.8) is 0 Å². The molecule has 2 atom stereocenters. The molecule has 27 heavy (non-hydrogen) atoms. The van der Waals surface area contributed by atoms with Crippen LogP contribution in [0.1, 0.15) is 78.4 Å². The molecule has 3 nitrogen and oxygen atoms in total. The summed E-state index contributed by atoms with van der Waals surface area (Å²) >= 11 is 2.04. The second kappa shape index (κ2) is 8.10. The van der Waals surface area contributed by atoms with E-state index in [9.17, 15) is 0 Å². The molecule has 2 aromatic heterocycles.